The number of amides is 1. The predicted octanol–water partition coefficient (Wildman–Crippen LogP) is 5.81. The third-order valence-corrected chi connectivity index (χ3v) is 6.75. The third-order valence-electron chi connectivity index (χ3n) is 6.75. The SMILES string of the molecule is COc1ccc(Cn2nc(NC3CCN(C(=O)OC(C)(C)C)CC3)c3c(Oc4ccc(N)cc4F)ccnc32)cc1. The first-order chi connectivity index (χ1) is 19.6. The molecule has 3 N–H and O–H groups in total. The number of benzene rings is 2. The van der Waals surface area contributed by atoms with Gasteiger partial charge in [0.1, 0.15) is 22.5 Å². The molecule has 11 heteroatoms. The number of ether oxygens (including phenoxy) is 3. The van der Waals surface area contributed by atoms with Gasteiger partial charge in [0.2, 0.25) is 0 Å². The van der Waals surface area contributed by atoms with Crippen LogP contribution in [0.5, 0.6) is 17.2 Å². The summed E-state index contributed by atoms with van der Waals surface area (Å²) in [5, 5.41) is 9.05. The van der Waals surface area contributed by atoms with Gasteiger partial charge in [0.15, 0.2) is 23.0 Å². The van der Waals surface area contributed by atoms with Gasteiger partial charge in [0, 0.05) is 43.1 Å². The van der Waals surface area contributed by atoms with E-state index in [-0.39, 0.29) is 17.9 Å². The number of nitrogen functional groups attached to an aromatic ring is 1. The number of methoxy groups -OCH3 is 1. The summed E-state index contributed by atoms with van der Waals surface area (Å²) in [6.07, 6.45) is 2.71. The molecular weight excluding hydrogens is 527 g/mol. The van der Waals surface area contributed by atoms with Crippen molar-refractivity contribution in [2.45, 2.75) is 51.8 Å². The summed E-state index contributed by atoms with van der Waals surface area (Å²) < 4.78 is 33.3. The molecular formula is C30H35FN6O4. The minimum atomic E-state index is -0.565. The van der Waals surface area contributed by atoms with Crippen LogP contribution in [0.1, 0.15) is 39.2 Å². The lowest BCUT2D eigenvalue weighted by Gasteiger charge is -2.33. The van der Waals surface area contributed by atoms with E-state index in [4.69, 9.17) is 25.0 Å². The summed E-state index contributed by atoms with van der Waals surface area (Å²) in [7, 11) is 1.63. The van der Waals surface area contributed by atoms with E-state index in [2.05, 4.69) is 10.3 Å². The molecule has 0 atom stereocenters. The van der Waals surface area contributed by atoms with E-state index in [0.29, 0.717) is 60.8 Å². The maximum atomic E-state index is 14.7. The number of nitrogens with zero attached hydrogens (tertiary/aromatic N) is 4. The zero-order valence-corrected chi connectivity index (χ0v) is 23.7. The highest BCUT2D eigenvalue weighted by Gasteiger charge is 2.28. The number of carbonyl (C=O) groups is 1. The number of hydrogen-bond donors (Lipinski definition) is 2. The summed E-state index contributed by atoms with van der Waals surface area (Å²) in [4.78, 5) is 18.9. The Morgan fingerprint density at radius 2 is 1.83 bits per heavy atom. The molecule has 1 aliphatic heterocycles. The number of anilines is 2. The monoisotopic (exact) mass is 562 g/mol. The molecule has 1 fully saturated rings. The topological polar surface area (TPSA) is 117 Å². The predicted molar refractivity (Wildman–Crippen MR) is 155 cm³/mol. The van der Waals surface area contributed by atoms with E-state index in [0.717, 1.165) is 11.3 Å². The minimum Gasteiger partial charge on any atom is -0.497 e. The van der Waals surface area contributed by atoms with Crippen molar-refractivity contribution in [1.29, 1.82) is 0 Å². The summed E-state index contributed by atoms with van der Waals surface area (Å²) in [5.74, 6) is 1.23. The Morgan fingerprint density at radius 3 is 2.49 bits per heavy atom. The van der Waals surface area contributed by atoms with Crippen LogP contribution in [0.3, 0.4) is 0 Å². The fourth-order valence-electron chi connectivity index (χ4n) is 4.71. The van der Waals surface area contributed by atoms with Crippen molar-refractivity contribution in [3.63, 3.8) is 0 Å². The van der Waals surface area contributed by atoms with Crippen molar-refractivity contribution < 1.29 is 23.4 Å². The Kier molecular flexibility index (Phi) is 7.87. The number of hydrogen-bond acceptors (Lipinski definition) is 8. The molecule has 41 heavy (non-hydrogen) atoms. The second-order valence-electron chi connectivity index (χ2n) is 11.0. The lowest BCUT2D eigenvalue weighted by molar-refractivity contribution is 0.0210. The smallest absolute Gasteiger partial charge is 0.410 e. The number of aromatic nitrogens is 3. The lowest BCUT2D eigenvalue weighted by Crippen LogP contribution is -2.44. The molecule has 5 rings (SSSR count). The van der Waals surface area contributed by atoms with Crippen LogP contribution in [0.25, 0.3) is 11.0 Å². The van der Waals surface area contributed by atoms with Gasteiger partial charge in [-0.05, 0) is 63.4 Å². The van der Waals surface area contributed by atoms with E-state index in [1.54, 1.807) is 35.0 Å². The fourth-order valence-corrected chi connectivity index (χ4v) is 4.71. The van der Waals surface area contributed by atoms with Gasteiger partial charge in [-0.25, -0.2) is 18.9 Å². The Morgan fingerprint density at radius 1 is 1.10 bits per heavy atom. The molecule has 10 nitrogen and oxygen atoms in total. The van der Waals surface area contributed by atoms with Crippen LogP contribution in [0.15, 0.2) is 54.7 Å². The summed E-state index contributed by atoms with van der Waals surface area (Å²) in [6.45, 7) is 7.13. The number of fused-ring (bicyclic) bond motifs is 1. The lowest BCUT2D eigenvalue weighted by atomic mass is 10.1. The average Bonchev–Trinajstić information content (AvgIpc) is 3.27. The number of nitrogens with two attached hydrogens (primary N) is 1. The fraction of sp³-hybridized carbons (Fsp3) is 0.367. The van der Waals surface area contributed by atoms with Gasteiger partial charge in [-0.15, -0.1) is 0 Å². The molecule has 4 aromatic rings. The number of carbonyl (C=O) groups excluding carboxylic acids is 1. The third kappa shape index (κ3) is 6.62. The standard InChI is InChI=1S/C30H35FN6O4/c1-30(2,3)41-29(38)36-15-12-21(13-16-36)34-27-26-25(40-24-10-7-20(32)17-23(24)31)11-14-33-28(26)37(35-27)18-19-5-8-22(39-4)9-6-19/h5-11,14,17,21H,12-13,15-16,18,32H2,1-4H3,(H,34,35). The Hall–Kier alpha value is -4.54. The molecule has 2 aromatic carbocycles. The maximum absolute atomic E-state index is 14.7. The van der Waals surface area contributed by atoms with Crippen LogP contribution in [0.4, 0.5) is 20.7 Å². The highest BCUT2D eigenvalue weighted by Crippen LogP contribution is 2.36. The van der Waals surface area contributed by atoms with E-state index >= 15 is 0 Å². The molecule has 0 unspecified atom stereocenters. The number of rotatable bonds is 7. The molecule has 0 radical (unpaired) electrons. The van der Waals surface area contributed by atoms with Crippen LogP contribution in [0.2, 0.25) is 0 Å². The Labute approximate surface area is 238 Å². The van der Waals surface area contributed by atoms with Gasteiger partial charge < -0.3 is 30.2 Å². The zero-order chi connectivity index (χ0) is 29.1. The average molecular weight is 563 g/mol. The number of pyridine rings is 1. The minimum absolute atomic E-state index is 0.0440. The Bertz CT molecular complexity index is 1520. The normalized spacial score (nSPS) is 14.2. The van der Waals surface area contributed by atoms with Crippen molar-refractivity contribution in [3.05, 3.63) is 66.1 Å². The van der Waals surface area contributed by atoms with E-state index in [1.165, 1.54) is 12.1 Å². The first kappa shape index (κ1) is 28.0. The van der Waals surface area contributed by atoms with Crippen molar-refractivity contribution in [1.82, 2.24) is 19.7 Å². The highest BCUT2D eigenvalue weighted by molar-refractivity contribution is 5.93. The molecule has 1 amide bonds. The number of halogens is 1. The molecule has 0 aliphatic carbocycles. The van der Waals surface area contributed by atoms with Gasteiger partial charge in [-0.3, -0.25) is 0 Å². The molecule has 1 saturated heterocycles. The number of likely N-dealkylation sites (tertiary alicyclic amines) is 1. The zero-order valence-electron chi connectivity index (χ0n) is 23.7. The van der Waals surface area contributed by atoms with E-state index in [1.807, 2.05) is 45.0 Å². The molecule has 0 spiro atoms. The molecule has 0 bridgehead atoms. The molecule has 0 saturated carbocycles. The maximum Gasteiger partial charge on any atom is 0.410 e. The van der Waals surface area contributed by atoms with Gasteiger partial charge in [0.25, 0.3) is 0 Å². The van der Waals surface area contributed by atoms with E-state index < -0.39 is 11.4 Å². The first-order valence-electron chi connectivity index (χ1n) is 13.6. The Balaban J connectivity index is 1.43. The second kappa shape index (κ2) is 11.5. The van der Waals surface area contributed by atoms with Gasteiger partial charge >= 0.3 is 6.09 Å². The highest BCUT2D eigenvalue weighted by atomic mass is 19.1. The summed E-state index contributed by atoms with van der Waals surface area (Å²) >= 11 is 0. The van der Waals surface area contributed by atoms with Crippen LogP contribution in [-0.2, 0) is 11.3 Å². The van der Waals surface area contributed by atoms with Crippen LogP contribution in [0, 0.1) is 5.82 Å². The van der Waals surface area contributed by atoms with Crippen LogP contribution >= 0.6 is 0 Å². The molecule has 1 aliphatic rings. The van der Waals surface area contributed by atoms with Gasteiger partial charge in [-0.2, -0.15) is 5.10 Å². The second-order valence-corrected chi connectivity index (χ2v) is 11.0. The van der Waals surface area contributed by atoms with Gasteiger partial charge in [0.05, 0.1) is 13.7 Å². The van der Waals surface area contributed by atoms with Crippen molar-refractivity contribution in [2.75, 3.05) is 31.2 Å². The first-order valence-corrected chi connectivity index (χ1v) is 13.6. The summed E-state index contributed by atoms with van der Waals surface area (Å²) in [6, 6.07) is 13.8. The van der Waals surface area contributed by atoms with Crippen molar-refractivity contribution >= 4 is 28.6 Å². The number of piperidine rings is 1. The van der Waals surface area contributed by atoms with Crippen molar-refractivity contribution in [3.8, 4) is 17.2 Å². The van der Waals surface area contributed by atoms with Crippen LogP contribution < -0.4 is 20.5 Å². The number of nitrogens with one attached hydrogen (secondary N) is 1. The van der Waals surface area contributed by atoms with Gasteiger partial charge in [-0.1, -0.05) is 12.1 Å². The van der Waals surface area contributed by atoms with E-state index in [9.17, 15) is 9.18 Å². The quantitative estimate of drug-likeness (QED) is 0.271. The molecule has 216 valence electrons. The largest absolute Gasteiger partial charge is 0.497 e. The van der Waals surface area contributed by atoms with Crippen LogP contribution in [-0.4, -0.2) is 57.6 Å². The molecule has 3 heterocycles. The van der Waals surface area contributed by atoms with Crippen molar-refractivity contribution in [2.24, 2.45) is 0 Å². The summed E-state index contributed by atoms with van der Waals surface area (Å²) in [5.41, 5.74) is 7.08. The molecule has 2 aromatic heterocycles.